The standard InChI is InChI=1S/C16H31NO3/c1-5-6-11(2)7-12(3)8-13(4)9-14(16(17)20)10-15(18)19/h8,11-12,14,16,20H,5-7,9-10,17H2,1-4H3,(H,18,19)/b13-8+. The summed E-state index contributed by atoms with van der Waals surface area (Å²) < 4.78 is 0. The van der Waals surface area contributed by atoms with Crippen LogP contribution in [0.25, 0.3) is 0 Å². The molecule has 0 aliphatic rings. The molecule has 0 heterocycles. The summed E-state index contributed by atoms with van der Waals surface area (Å²) in [5.74, 6) is -0.160. The molecule has 0 saturated heterocycles. The van der Waals surface area contributed by atoms with E-state index in [2.05, 4.69) is 26.8 Å². The maximum atomic E-state index is 10.7. The van der Waals surface area contributed by atoms with Crippen LogP contribution in [0.5, 0.6) is 0 Å². The normalized spacial score (nSPS) is 18.4. The van der Waals surface area contributed by atoms with Gasteiger partial charge in [0.2, 0.25) is 0 Å². The second-order valence-corrected chi connectivity index (χ2v) is 6.17. The maximum Gasteiger partial charge on any atom is 0.303 e. The molecule has 0 aromatic carbocycles. The van der Waals surface area contributed by atoms with Crippen molar-refractivity contribution in [3.05, 3.63) is 11.6 Å². The fourth-order valence-corrected chi connectivity index (χ4v) is 2.82. The number of aliphatic hydroxyl groups excluding tert-OH is 1. The van der Waals surface area contributed by atoms with Crippen LogP contribution in [-0.4, -0.2) is 22.4 Å². The molecule has 20 heavy (non-hydrogen) atoms. The second kappa shape index (κ2) is 9.94. The largest absolute Gasteiger partial charge is 0.481 e. The predicted octanol–water partition coefficient (Wildman–Crippen LogP) is 3.15. The maximum absolute atomic E-state index is 10.7. The van der Waals surface area contributed by atoms with Crippen molar-refractivity contribution in [2.45, 2.75) is 66.0 Å². The highest BCUT2D eigenvalue weighted by molar-refractivity contribution is 5.67. The monoisotopic (exact) mass is 285 g/mol. The van der Waals surface area contributed by atoms with Crippen molar-refractivity contribution in [3.63, 3.8) is 0 Å². The first kappa shape index (κ1) is 19.1. The molecule has 4 nitrogen and oxygen atoms in total. The van der Waals surface area contributed by atoms with E-state index in [1.165, 1.54) is 12.8 Å². The third kappa shape index (κ3) is 9.10. The first-order chi connectivity index (χ1) is 9.26. The summed E-state index contributed by atoms with van der Waals surface area (Å²) in [7, 11) is 0. The highest BCUT2D eigenvalue weighted by atomic mass is 16.4. The number of hydrogen-bond donors (Lipinski definition) is 3. The third-order valence-electron chi connectivity index (χ3n) is 3.63. The zero-order chi connectivity index (χ0) is 15.7. The first-order valence-electron chi connectivity index (χ1n) is 7.58. The molecule has 0 aliphatic heterocycles. The molecule has 0 rings (SSSR count). The summed E-state index contributed by atoms with van der Waals surface area (Å²) in [6, 6.07) is 0. The Balaban J connectivity index is 4.43. The molecule has 0 aromatic rings. The van der Waals surface area contributed by atoms with E-state index in [0.717, 1.165) is 12.0 Å². The van der Waals surface area contributed by atoms with Crippen molar-refractivity contribution in [3.8, 4) is 0 Å². The van der Waals surface area contributed by atoms with Gasteiger partial charge in [-0.2, -0.15) is 0 Å². The van der Waals surface area contributed by atoms with Gasteiger partial charge in [-0.15, -0.1) is 0 Å². The van der Waals surface area contributed by atoms with Crippen LogP contribution in [0.1, 0.15) is 59.8 Å². The smallest absolute Gasteiger partial charge is 0.303 e. The van der Waals surface area contributed by atoms with E-state index in [1.54, 1.807) is 0 Å². The number of rotatable bonds is 10. The summed E-state index contributed by atoms with van der Waals surface area (Å²) in [5.41, 5.74) is 6.56. The van der Waals surface area contributed by atoms with E-state index in [-0.39, 0.29) is 6.42 Å². The van der Waals surface area contributed by atoms with Gasteiger partial charge in [0, 0.05) is 5.92 Å². The zero-order valence-electron chi connectivity index (χ0n) is 13.3. The molecule has 4 N–H and O–H groups in total. The lowest BCUT2D eigenvalue weighted by Crippen LogP contribution is -2.31. The van der Waals surface area contributed by atoms with Crippen LogP contribution in [0.2, 0.25) is 0 Å². The van der Waals surface area contributed by atoms with Gasteiger partial charge in [-0.25, -0.2) is 0 Å². The Kier molecular flexibility index (Phi) is 9.51. The fourth-order valence-electron chi connectivity index (χ4n) is 2.82. The van der Waals surface area contributed by atoms with Crippen LogP contribution in [0.15, 0.2) is 11.6 Å². The van der Waals surface area contributed by atoms with Gasteiger partial charge in [0.05, 0.1) is 6.42 Å². The number of carboxylic acid groups (broad SMARTS) is 1. The fraction of sp³-hybridized carbons (Fsp3) is 0.812. The quantitative estimate of drug-likeness (QED) is 0.425. The van der Waals surface area contributed by atoms with Crippen molar-refractivity contribution in [1.82, 2.24) is 0 Å². The zero-order valence-corrected chi connectivity index (χ0v) is 13.3. The molecule has 0 bridgehead atoms. The van der Waals surface area contributed by atoms with Gasteiger partial charge in [-0.05, 0) is 31.6 Å². The minimum Gasteiger partial charge on any atom is -0.481 e. The number of carbonyl (C=O) groups is 1. The van der Waals surface area contributed by atoms with E-state index in [1.807, 2.05) is 6.92 Å². The highest BCUT2D eigenvalue weighted by Gasteiger charge is 2.19. The molecule has 0 amide bonds. The molecule has 0 fully saturated rings. The van der Waals surface area contributed by atoms with Crippen LogP contribution in [0.4, 0.5) is 0 Å². The van der Waals surface area contributed by atoms with E-state index < -0.39 is 18.1 Å². The molecule has 0 spiro atoms. The lowest BCUT2D eigenvalue weighted by Gasteiger charge is -2.19. The number of carboxylic acids is 1. The average molecular weight is 285 g/mol. The number of aliphatic hydroxyl groups is 1. The summed E-state index contributed by atoms with van der Waals surface area (Å²) in [6.45, 7) is 8.63. The van der Waals surface area contributed by atoms with Gasteiger partial charge < -0.3 is 15.9 Å². The van der Waals surface area contributed by atoms with Crippen LogP contribution in [-0.2, 0) is 4.79 Å². The van der Waals surface area contributed by atoms with Crippen molar-refractivity contribution in [2.75, 3.05) is 0 Å². The molecule has 4 atom stereocenters. The van der Waals surface area contributed by atoms with Crippen molar-refractivity contribution in [1.29, 1.82) is 0 Å². The summed E-state index contributed by atoms with van der Waals surface area (Å²) in [6.07, 6.45) is 5.13. The lowest BCUT2D eigenvalue weighted by atomic mass is 9.89. The van der Waals surface area contributed by atoms with Crippen LogP contribution in [0, 0.1) is 17.8 Å². The van der Waals surface area contributed by atoms with E-state index in [4.69, 9.17) is 10.8 Å². The molecule has 4 heteroatoms. The van der Waals surface area contributed by atoms with Crippen molar-refractivity contribution in [2.24, 2.45) is 23.5 Å². The van der Waals surface area contributed by atoms with Crippen LogP contribution in [0.3, 0.4) is 0 Å². The van der Waals surface area contributed by atoms with Gasteiger partial charge in [0.1, 0.15) is 6.23 Å². The molecular formula is C16H31NO3. The Labute approximate surface area is 123 Å². The van der Waals surface area contributed by atoms with Gasteiger partial charge in [0.15, 0.2) is 0 Å². The summed E-state index contributed by atoms with van der Waals surface area (Å²) in [4.78, 5) is 10.7. The molecule has 0 aliphatic carbocycles. The van der Waals surface area contributed by atoms with E-state index in [9.17, 15) is 9.90 Å². The Morgan fingerprint density at radius 3 is 2.35 bits per heavy atom. The SMILES string of the molecule is CCCC(C)CC(C)/C=C(\C)CC(CC(=O)O)C(N)O. The molecule has 4 unspecified atom stereocenters. The molecule has 0 radical (unpaired) electrons. The minimum absolute atomic E-state index is 0.0938. The Hall–Kier alpha value is -0.870. The van der Waals surface area contributed by atoms with Gasteiger partial charge in [-0.3, -0.25) is 4.79 Å². The second-order valence-electron chi connectivity index (χ2n) is 6.17. The third-order valence-corrected chi connectivity index (χ3v) is 3.63. The topological polar surface area (TPSA) is 83.5 Å². The first-order valence-corrected chi connectivity index (χ1v) is 7.58. The van der Waals surface area contributed by atoms with Gasteiger partial charge in [-0.1, -0.05) is 45.3 Å². The molecule has 0 aromatic heterocycles. The van der Waals surface area contributed by atoms with Crippen LogP contribution < -0.4 is 5.73 Å². The van der Waals surface area contributed by atoms with Crippen LogP contribution >= 0.6 is 0 Å². The van der Waals surface area contributed by atoms with E-state index >= 15 is 0 Å². The van der Waals surface area contributed by atoms with Gasteiger partial charge in [0.25, 0.3) is 0 Å². The Morgan fingerprint density at radius 2 is 1.90 bits per heavy atom. The Morgan fingerprint density at radius 1 is 1.30 bits per heavy atom. The Bertz CT molecular complexity index is 313. The number of allylic oxidation sites excluding steroid dienone is 2. The summed E-state index contributed by atoms with van der Waals surface area (Å²) >= 11 is 0. The number of nitrogens with two attached hydrogens (primary N) is 1. The number of hydrogen-bond acceptors (Lipinski definition) is 3. The molecule has 118 valence electrons. The average Bonchev–Trinajstić information content (AvgIpc) is 2.26. The molecule has 0 saturated carbocycles. The van der Waals surface area contributed by atoms with Crippen molar-refractivity contribution >= 4 is 5.97 Å². The summed E-state index contributed by atoms with van der Waals surface area (Å²) in [5, 5.41) is 18.3. The molecular weight excluding hydrogens is 254 g/mol. The highest BCUT2D eigenvalue weighted by Crippen LogP contribution is 2.22. The van der Waals surface area contributed by atoms with Crippen molar-refractivity contribution < 1.29 is 15.0 Å². The van der Waals surface area contributed by atoms with Gasteiger partial charge >= 0.3 is 5.97 Å². The lowest BCUT2D eigenvalue weighted by molar-refractivity contribution is -0.139. The van der Waals surface area contributed by atoms with E-state index in [0.29, 0.717) is 18.3 Å². The predicted molar refractivity (Wildman–Crippen MR) is 82.2 cm³/mol. The number of aliphatic carboxylic acids is 1. The minimum atomic E-state index is -1.08.